The quantitative estimate of drug-likeness (QED) is 0.705. The van der Waals surface area contributed by atoms with Crippen molar-refractivity contribution in [3.05, 3.63) is 41.3 Å². The maximum Gasteiger partial charge on any atom is 0.255 e. The first-order chi connectivity index (χ1) is 13.8. The fourth-order valence-electron chi connectivity index (χ4n) is 4.30. The minimum Gasteiger partial charge on any atom is -0.386 e. The molecule has 1 saturated carbocycles. The highest BCUT2D eigenvalue weighted by molar-refractivity contribution is 6.01. The number of nitrogens with zero attached hydrogens (tertiary/aromatic N) is 5. The van der Waals surface area contributed by atoms with Crippen LogP contribution in [0.5, 0.6) is 0 Å². The van der Waals surface area contributed by atoms with Crippen molar-refractivity contribution in [2.24, 2.45) is 5.92 Å². The molecule has 0 unspecified atom stereocenters. The van der Waals surface area contributed by atoms with Gasteiger partial charge in [-0.15, -0.1) is 0 Å². The van der Waals surface area contributed by atoms with Crippen LogP contribution >= 0.6 is 0 Å². The molecule has 1 atom stereocenters. The fourth-order valence-corrected chi connectivity index (χ4v) is 4.30. The summed E-state index contributed by atoms with van der Waals surface area (Å²) in [6.45, 7) is 6.09. The van der Waals surface area contributed by atoms with Crippen LogP contribution in [0.2, 0.25) is 0 Å². The lowest BCUT2D eigenvalue weighted by Gasteiger charge is -2.25. The second kappa shape index (κ2) is 6.00. The predicted molar refractivity (Wildman–Crippen MR) is 108 cm³/mol. The molecule has 1 aliphatic carbocycles. The topological polar surface area (TPSA) is 110 Å². The summed E-state index contributed by atoms with van der Waals surface area (Å²) in [6, 6.07) is 4.07. The number of aromatic nitrogens is 4. The summed E-state index contributed by atoms with van der Waals surface area (Å²) in [6.07, 6.45) is 5.43. The number of carbonyl (C=O) groups excluding carboxylic acids is 1. The largest absolute Gasteiger partial charge is 0.386 e. The van der Waals surface area contributed by atoms with E-state index in [9.17, 15) is 9.90 Å². The molecule has 8 heteroatoms. The molecule has 8 nitrogen and oxygen atoms in total. The van der Waals surface area contributed by atoms with E-state index in [4.69, 9.17) is 5.73 Å². The van der Waals surface area contributed by atoms with Crippen LogP contribution in [-0.2, 0) is 12.1 Å². The summed E-state index contributed by atoms with van der Waals surface area (Å²) in [5, 5.41) is 15.1. The van der Waals surface area contributed by atoms with Crippen LogP contribution < -0.4 is 5.73 Å². The Kier molecular flexibility index (Phi) is 3.73. The second-order valence-corrected chi connectivity index (χ2v) is 8.65. The number of aliphatic hydroxyl groups is 1. The first kappa shape index (κ1) is 18.1. The molecule has 3 N–H and O–H groups in total. The highest BCUT2D eigenvalue weighted by Crippen LogP contribution is 2.41. The molecule has 1 aliphatic heterocycles. The number of nitrogen functional groups attached to an aromatic ring is 1. The molecule has 0 saturated heterocycles. The first-order valence-corrected chi connectivity index (χ1v) is 9.91. The lowest BCUT2D eigenvalue weighted by molar-refractivity contribution is 0.0648. The number of rotatable bonds is 4. The fraction of sp³-hybridized carbons (Fsp3) is 0.429. The molecule has 2 aliphatic rings. The molecular formula is C21H24N6O2. The average molecular weight is 392 g/mol. The van der Waals surface area contributed by atoms with Gasteiger partial charge in [-0.3, -0.25) is 4.79 Å². The highest BCUT2D eigenvalue weighted by Gasteiger charge is 2.41. The van der Waals surface area contributed by atoms with Crippen LogP contribution in [0.4, 0.5) is 5.82 Å². The smallest absolute Gasteiger partial charge is 0.255 e. The van der Waals surface area contributed by atoms with E-state index in [-0.39, 0.29) is 11.9 Å². The van der Waals surface area contributed by atoms with Crippen molar-refractivity contribution in [1.29, 1.82) is 0 Å². The number of anilines is 1. The van der Waals surface area contributed by atoms with Gasteiger partial charge in [0, 0.05) is 18.2 Å². The average Bonchev–Trinajstić information content (AvgIpc) is 3.34. The molecular weight excluding hydrogens is 368 g/mol. The van der Waals surface area contributed by atoms with E-state index in [1.54, 1.807) is 24.6 Å². The van der Waals surface area contributed by atoms with Crippen LogP contribution in [0.25, 0.3) is 16.9 Å². The van der Waals surface area contributed by atoms with Crippen molar-refractivity contribution in [2.75, 3.05) is 5.73 Å². The second-order valence-electron chi connectivity index (χ2n) is 8.65. The molecule has 2 aromatic heterocycles. The Hall–Kier alpha value is -3.00. The zero-order valence-electron chi connectivity index (χ0n) is 16.8. The van der Waals surface area contributed by atoms with Gasteiger partial charge in [-0.1, -0.05) is 0 Å². The van der Waals surface area contributed by atoms with E-state index in [1.165, 1.54) is 19.2 Å². The number of imidazole rings is 1. The van der Waals surface area contributed by atoms with Gasteiger partial charge in [0.2, 0.25) is 0 Å². The van der Waals surface area contributed by atoms with E-state index < -0.39 is 5.60 Å². The van der Waals surface area contributed by atoms with E-state index >= 15 is 0 Å². The van der Waals surface area contributed by atoms with Crippen molar-refractivity contribution in [3.63, 3.8) is 0 Å². The van der Waals surface area contributed by atoms with Gasteiger partial charge in [0.15, 0.2) is 11.5 Å². The number of nitrogens with two attached hydrogens (primary N) is 1. The van der Waals surface area contributed by atoms with E-state index in [1.807, 2.05) is 17.0 Å². The Morgan fingerprint density at radius 2 is 2.03 bits per heavy atom. The van der Waals surface area contributed by atoms with Crippen LogP contribution in [-0.4, -0.2) is 41.5 Å². The molecule has 0 radical (unpaired) electrons. The monoisotopic (exact) mass is 392 g/mol. The third kappa shape index (κ3) is 2.78. The third-order valence-corrected chi connectivity index (χ3v) is 6.12. The summed E-state index contributed by atoms with van der Waals surface area (Å²) in [5.41, 5.74) is 8.97. The minimum absolute atomic E-state index is 0.00721. The van der Waals surface area contributed by atoms with Crippen LogP contribution in [0.3, 0.4) is 0 Å². The molecule has 0 bridgehead atoms. The van der Waals surface area contributed by atoms with Gasteiger partial charge >= 0.3 is 0 Å². The lowest BCUT2D eigenvalue weighted by Crippen LogP contribution is -2.35. The standard InChI is InChI=1S/C21H24N6O2/c1-11(12-4-5-12)26-9-14-6-13(7-15(21(2,3)29)17(14)20(26)28)16-8-23-19-18(22)24-10-25-27(16)19/h6-8,10-12,29H,4-5,9H2,1-3H3,(H2,22,24,25)/t11-/m0/s1. The van der Waals surface area contributed by atoms with Crippen LogP contribution in [0, 0.1) is 5.92 Å². The number of fused-ring (bicyclic) bond motifs is 2. The molecule has 1 amide bonds. The van der Waals surface area contributed by atoms with Gasteiger partial charge in [0.05, 0.1) is 23.1 Å². The molecule has 1 aromatic carbocycles. The summed E-state index contributed by atoms with van der Waals surface area (Å²) in [4.78, 5) is 23.5. The molecule has 150 valence electrons. The number of hydrogen-bond acceptors (Lipinski definition) is 6. The molecule has 0 spiro atoms. The number of carbonyl (C=O) groups is 1. The van der Waals surface area contributed by atoms with Gasteiger partial charge in [-0.2, -0.15) is 5.10 Å². The Balaban J connectivity index is 1.67. The van der Waals surface area contributed by atoms with Crippen molar-refractivity contribution in [1.82, 2.24) is 24.5 Å². The lowest BCUT2D eigenvalue weighted by atomic mass is 9.88. The van der Waals surface area contributed by atoms with Crippen LogP contribution in [0.1, 0.15) is 55.1 Å². The highest BCUT2D eigenvalue weighted by atomic mass is 16.3. The number of hydrogen-bond donors (Lipinski definition) is 2. The number of benzene rings is 1. The normalized spacial score (nSPS) is 17.8. The first-order valence-electron chi connectivity index (χ1n) is 9.91. The minimum atomic E-state index is -1.16. The summed E-state index contributed by atoms with van der Waals surface area (Å²) in [7, 11) is 0. The summed E-state index contributed by atoms with van der Waals surface area (Å²) < 4.78 is 1.64. The maximum atomic E-state index is 13.3. The molecule has 29 heavy (non-hydrogen) atoms. The van der Waals surface area contributed by atoms with Gasteiger partial charge in [-0.05, 0) is 62.8 Å². The maximum absolute atomic E-state index is 13.3. The third-order valence-electron chi connectivity index (χ3n) is 6.12. The van der Waals surface area contributed by atoms with Gasteiger partial charge in [0.25, 0.3) is 5.91 Å². The van der Waals surface area contributed by atoms with Crippen molar-refractivity contribution >= 4 is 17.4 Å². The summed E-state index contributed by atoms with van der Waals surface area (Å²) in [5.74, 6) is 0.888. The Morgan fingerprint density at radius 3 is 2.72 bits per heavy atom. The molecule has 1 fully saturated rings. The Bertz CT molecular complexity index is 1140. The zero-order chi connectivity index (χ0) is 20.5. The molecule has 3 heterocycles. The van der Waals surface area contributed by atoms with Crippen molar-refractivity contribution in [2.45, 2.75) is 51.8 Å². The molecule has 3 aromatic rings. The van der Waals surface area contributed by atoms with Crippen molar-refractivity contribution < 1.29 is 9.90 Å². The molecule has 5 rings (SSSR count). The van der Waals surface area contributed by atoms with E-state index in [0.29, 0.717) is 35.1 Å². The van der Waals surface area contributed by atoms with Crippen LogP contribution in [0.15, 0.2) is 24.7 Å². The van der Waals surface area contributed by atoms with E-state index in [0.717, 1.165) is 16.8 Å². The number of amides is 1. The van der Waals surface area contributed by atoms with Gasteiger partial charge < -0.3 is 15.7 Å². The van der Waals surface area contributed by atoms with Gasteiger partial charge in [0.1, 0.15) is 6.33 Å². The van der Waals surface area contributed by atoms with Gasteiger partial charge in [-0.25, -0.2) is 14.5 Å². The van der Waals surface area contributed by atoms with Crippen molar-refractivity contribution in [3.8, 4) is 11.3 Å². The Labute approximate surface area is 168 Å². The zero-order valence-corrected chi connectivity index (χ0v) is 16.8. The SMILES string of the molecule is C[C@@H](C1CC1)N1Cc2cc(-c3cnc4c(N)ncnn34)cc(C(C)(C)O)c2C1=O. The Morgan fingerprint density at radius 1 is 1.28 bits per heavy atom. The summed E-state index contributed by atoms with van der Waals surface area (Å²) >= 11 is 0. The van der Waals surface area contributed by atoms with E-state index in [2.05, 4.69) is 22.0 Å². The predicted octanol–water partition coefficient (Wildman–Crippen LogP) is 2.36.